The third-order valence-corrected chi connectivity index (χ3v) is 4.39. The number of benzene rings is 1. The largest absolute Gasteiger partial charge is 0.397 e. The van der Waals surface area contributed by atoms with E-state index >= 15 is 0 Å². The normalized spacial score (nSPS) is 11.5. The Kier molecular flexibility index (Phi) is 6.11. The molecule has 0 atom stereocenters. The average molecular weight is 286 g/mol. The molecule has 0 unspecified atom stereocenters. The number of rotatable bonds is 8. The van der Waals surface area contributed by atoms with Crippen molar-refractivity contribution in [2.75, 3.05) is 35.6 Å². The van der Waals surface area contributed by atoms with E-state index in [2.05, 4.69) is 0 Å². The predicted octanol–water partition coefficient (Wildman–Crippen LogP) is 1.85. The minimum absolute atomic E-state index is 0.0326. The maximum Gasteiger partial charge on any atom is 0.237 e. The van der Waals surface area contributed by atoms with Crippen molar-refractivity contribution in [2.24, 2.45) is 0 Å². The highest BCUT2D eigenvalue weighted by atomic mass is 32.2. The monoisotopic (exact) mass is 286 g/mol. The second-order valence-electron chi connectivity index (χ2n) is 4.14. The molecule has 108 valence electrons. The van der Waals surface area contributed by atoms with Gasteiger partial charge >= 0.3 is 0 Å². The van der Waals surface area contributed by atoms with Crippen molar-refractivity contribution < 1.29 is 13.2 Å². The summed E-state index contributed by atoms with van der Waals surface area (Å²) in [6, 6.07) is 7.00. The Hall–Kier alpha value is -1.27. The van der Waals surface area contributed by atoms with Gasteiger partial charge in [-0.05, 0) is 25.5 Å². The number of hydrogen-bond donors (Lipinski definition) is 1. The van der Waals surface area contributed by atoms with Gasteiger partial charge in [0.05, 0.1) is 23.7 Å². The molecule has 2 N–H and O–H groups in total. The van der Waals surface area contributed by atoms with E-state index in [1.54, 1.807) is 24.3 Å². The molecule has 6 heteroatoms. The molecule has 1 aromatic rings. The molecule has 19 heavy (non-hydrogen) atoms. The van der Waals surface area contributed by atoms with Gasteiger partial charge in [0.15, 0.2) is 0 Å². The topological polar surface area (TPSA) is 72.6 Å². The first-order chi connectivity index (χ1) is 9.03. The summed E-state index contributed by atoms with van der Waals surface area (Å²) >= 11 is 0. The third kappa shape index (κ3) is 4.40. The zero-order valence-electron chi connectivity index (χ0n) is 11.5. The highest BCUT2D eigenvalue weighted by Crippen LogP contribution is 2.25. The van der Waals surface area contributed by atoms with E-state index in [0.717, 1.165) is 6.42 Å². The van der Waals surface area contributed by atoms with E-state index in [1.165, 1.54) is 4.31 Å². The predicted molar refractivity (Wildman–Crippen MR) is 78.8 cm³/mol. The molecule has 0 heterocycles. The van der Waals surface area contributed by atoms with E-state index in [-0.39, 0.29) is 12.4 Å². The van der Waals surface area contributed by atoms with Crippen molar-refractivity contribution >= 4 is 21.4 Å². The lowest BCUT2D eigenvalue weighted by Gasteiger charge is -2.25. The zero-order chi connectivity index (χ0) is 14.3. The Bertz CT molecular complexity index is 488. The smallest absolute Gasteiger partial charge is 0.237 e. The number of para-hydroxylation sites is 2. The summed E-state index contributed by atoms with van der Waals surface area (Å²) in [5, 5.41) is 0. The van der Waals surface area contributed by atoms with Crippen LogP contribution >= 0.6 is 0 Å². The quantitative estimate of drug-likeness (QED) is 0.585. The molecule has 0 fully saturated rings. The highest BCUT2D eigenvalue weighted by Gasteiger charge is 2.22. The van der Waals surface area contributed by atoms with E-state index in [4.69, 9.17) is 10.5 Å². The molecular formula is C13H22N2O3S. The van der Waals surface area contributed by atoms with E-state index in [1.807, 2.05) is 13.8 Å². The fourth-order valence-corrected chi connectivity index (χ4v) is 3.22. The van der Waals surface area contributed by atoms with Crippen molar-refractivity contribution in [1.29, 1.82) is 0 Å². The first-order valence-corrected chi connectivity index (χ1v) is 8.06. The second kappa shape index (κ2) is 7.35. The molecule has 0 aliphatic rings. The molecule has 1 aromatic carbocycles. The Morgan fingerprint density at radius 2 is 1.95 bits per heavy atom. The van der Waals surface area contributed by atoms with E-state index in [9.17, 15) is 8.42 Å². The van der Waals surface area contributed by atoms with E-state index < -0.39 is 10.0 Å². The van der Waals surface area contributed by atoms with Crippen LogP contribution in [0.3, 0.4) is 0 Å². The fourth-order valence-electron chi connectivity index (χ4n) is 1.75. The molecule has 1 rings (SSSR count). The first kappa shape index (κ1) is 15.8. The van der Waals surface area contributed by atoms with Crippen molar-refractivity contribution in [1.82, 2.24) is 0 Å². The minimum Gasteiger partial charge on any atom is -0.397 e. The lowest BCUT2D eigenvalue weighted by Crippen LogP contribution is -2.35. The number of nitrogen functional groups attached to an aromatic ring is 1. The Balaban J connectivity index is 2.97. The molecule has 0 aromatic heterocycles. The molecular weight excluding hydrogens is 264 g/mol. The number of anilines is 2. The van der Waals surface area contributed by atoms with Gasteiger partial charge in [-0.1, -0.05) is 19.1 Å². The van der Waals surface area contributed by atoms with Gasteiger partial charge < -0.3 is 10.5 Å². The summed E-state index contributed by atoms with van der Waals surface area (Å²) in [7, 11) is -3.40. The summed E-state index contributed by atoms with van der Waals surface area (Å²) in [4.78, 5) is 0. The SMILES string of the molecule is CCCN(c1ccccc1N)S(=O)(=O)CCOCC. The van der Waals surface area contributed by atoms with Crippen LogP contribution in [0.1, 0.15) is 20.3 Å². The third-order valence-electron chi connectivity index (χ3n) is 2.66. The number of nitrogens with zero attached hydrogens (tertiary/aromatic N) is 1. The van der Waals surface area contributed by atoms with Crippen molar-refractivity contribution in [3.63, 3.8) is 0 Å². The Labute approximate surface area is 115 Å². The molecule has 0 saturated carbocycles. The van der Waals surface area contributed by atoms with Crippen LogP contribution in [0.4, 0.5) is 11.4 Å². The van der Waals surface area contributed by atoms with Crippen LogP contribution in [-0.4, -0.2) is 33.9 Å². The van der Waals surface area contributed by atoms with Crippen LogP contribution in [0, 0.1) is 0 Å². The Morgan fingerprint density at radius 1 is 1.26 bits per heavy atom. The lowest BCUT2D eigenvalue weighted by molar-refractivity contribution is 0.163. The van der Waals surface area contributed by atoms with Gasteiger partial charge in [0, 0.05) is 13.2 Å². The summed E-state index contributed by atoms with van der Waals surface area (Å²) in [5.41, 5.74) is 6.88. The van der Waals surface area contributed by atoms with Crippen LogP contribution in [0.2, 0.25) is 0 Å². The average Bonchev–Trinajstić information content (AvgIpc) is 2.37. The fraction of sp³-hybridized carbons (Fsp3) is 0.538. The van der Waals surface area contributed by atoms with Crippen LogP contribution < -0.4 is 10.0 Å². The van der Waals surface area contributed by atoms with Crippen LogP contribution in [0.5, 0.6) is 0 Å². The van der Waals surface area contributed by atoms with Gasteiger partial charge in [-0.25, -0.2) is 8.42 Å². The van der Waals surface area contributed by atoms with Crippen LogP contribution in [0.15, 0.2) is 24.3 Å². The second-order valence-corrected chi connectivity index (χ2v) is 6.16. The zero-order valence-corrected chi connectivity index (χ0v) is 12.3. The molecule has 0 saturated heterocycles. The first-order valence-electron chi connectivity index (χ1n) is 6.45. The van der Waals surface area contributed by atoms with Crippen LogP contribution in [0.25, 0.3) is 0 Å². The number of ether oxygens (including phenoxy) is 1. The summed E-state index contributed by atoms with van der Waals surface area (Å²) in [6.45, 7) is 4.90. The molecule has 0 amide bonds. The molecule has 0 aliphatic heterocycles. The minimum atomic E-state index is -3.40. The summed E-state index contributed by atoms with van der Waals surface area (Å²) in [6.07, 6.45) is 0.724. The summed E-state index contributed by atoms with van der Waals surface area (Å²) in [5.74, 6) is -0.0326. The summed E-state index contributed by atoms with van der Waals surface area (Å²) < 4.78 is 31.2. The van der Waals surface area contributed by atoms with Crippen molar-refractivity contribution in [3.05, 3.63) is 24.3 Å². The molecule has 0 bridgehead atoms. The number of sulfonamides is 1. The standard InChI is InChI=1S/C13H22N2O3S/c1-3-9-15(13-8-6-5-7-12(13)14)19(16,17)11-10-18-4-2/h5-8H,3-4,9-11,14H2,1-2H3. The van der Waals surface area contributed by atoms with Crippen LogP contribution in [-0.2, 0) is 14.8 Å². The number of hydrogen-bond acceptors (Lipinski definition) is 4. The van der Waals surface area contributed by atoms with Gasteiger partial charge in [-0.15, -0.1) is 0 Å². The van der Waals surface area contributed by atoms with Gasteiger partial charge in [-0.2, -0.15) is 0 Å². The molecule has 0 spiro atoms. The molecule has 5 nitrogen and oxygen atoms in total. The van der Waals surface area contributed by atoms with Gasteiger partial charge in [0.2, 0.25) is 10.0 Å². The van der Waals surface area contributed by atoms with Crippen molar-refractivity contribution in [3.8, 4) is 0 Å². The molecule has 0 radical (unpaired) electrons. The highest BCUT2D eigenvalue weighted by molar-refractivity contribution is 7.92. The van der Waals surface area contributed by atoms with Gasteiger partial charge in [-0.3, -0.25) is 4.31 Å². The van der Waals surface area contributed by atoms with E-state index in [0.29, 0.717) is 24.5 Å². The van der Waals surface area contributed by atoms with Gasteiger partial charge in [0.1, 0.15) is 0 Å². The van der Waals surface area contributed by atoms with Crippen molar-refractivity contribution in [2.45, 2.75) is 20.3 Å². The maximum atomic E-state index is 12.3. The maximum absolute atomic E-state index is 12.3. The van der Waals surface area contributed by atoms with Gasteiger partial charge in [0.25, 0.3) is 0 Å². The lowest BCUT2D eigenvalue weighted by atomic mass is 10.2. The Morgan fingerprint density at radius 3 is 2.53 bits per heavy atom. The number of nitrogens with two attached hydrogens (primary N) is 1. The molecule has 0 aliphatic carbocycles.